The number of hydrogen-bond acceptors (Lipinski definition) is 3. The summed E-state index contributed by atoms with van der Waals surface area (Å²) in [6.45, 7) is 0.403. The fraction of sp³-hybridized carbons (Fsp3) is 0.462. The average molecular weight is 306 g/mol. The highest BCUT2D eigenvalue weighted by Gasteiger charge is 2.15. The number of carbonyl (C=O) groups is 1. The molecule has 106 valence electrons. The maximum atomic E-state index is 10.4. The third kappa shape index (κ3) is 5.27. The van der Waals surface area contributed by atoms with E-state index in [4.69, 9.17) is 33.0 Å². The quantitative estimate of drug-likeness (QED) is 0.750. The van der Waals surface area contributed by atoms with E-state index >= 15 is 0 Å². The lowest BCUT2D eigenvalue weighted by atomic mass is 10.1. The van der Waals surface area contributed by atoms with Crippen molar-refractivity contribution in [2.75, 3.05) is 32.0 Å². The molecule has 6 heteroatoms. The second kappa shape index (κ2) is 8.25. The van der Waals surface area contributed by atoms with Crippen molar-refractivity contribution in [3.8, 4) is 5.75 Å². The summed E-state index contributed by atoms with van der Waals surface area (Å²) in [6.07, 6.45) is 0. The van der Waals surface area contributed by atoms with Crippen LogP contribution < -0.4 is 4.74 Å². The summed E-state index contributed by atoms with van der Waals surface area (Å²) >= 11 is 11.7. The molecule has 1 rings (SSSR count). The normalized spacial score (nSPS) is 12.4. The minimum absolute atomic E-state index is 0.0777. The van der Waals surface area contributed by atoms with Crippen molar-refractivity contribution in [1.82, 2.24) is 4.90 Å². The van der Waals surface area contributed by atoms with E-state index in [-0.39, 0.29) is 12.6 Å². The zero-order chi connectivity index (χ0) is 14.3. The second-order valence-corrected chi connectivity index (χ2v) is 4.78. The van der Waals surface area contributed by atoms with Gasteiger partial charge in [0.25, 0.3) is 0 Å². The molecule has 0 heterocycles. The molecule has 1 aromatic carbocycles. The van der Waals surface area contributed by atoms with Crippen LogP contribution in [0.1, 0.15) is 11.6 Å². The zero-order valence-corrected chi connectivity index (χ0v) is 12.2. The predicted octanol–water partition coefficient (Wildman–Crippen LogP) is 2.60. The van der Waals surface area contributed by atoms with Crippen LogP contribution in [0.3, 0.4) is 0 Å². The summed E-state index contributed by atoms with van der Waals surface area (Å²) in [7, 11) is 1.96. The number of nitrogens with zero attached hydrogens (tertiary/aromatic N) is 1. The number of hydrogen-bond donors (Lipinski definition) is 1. The van der Waals surface area contributed by atoms with Crippen LogP contribution in [0, 0.1) is 0 Å². The summed E-state index contributed by atoms with van der Waals surface area (Å²) in [5.74, 6) is 0.538. The maximum Gasteiger partial charge on any atom is 0.341 e. The lowest BCUT2D eigenvalue weighted by Gasteiger charge is -2.26. The van der Waals surface area contributed by atoms with Crippen molar-refractivity contribution in [3.05, 3.63) is 29.8 Å². The summed E-state index contributed by atoms with van der Waals surface area (Å²) < 4.78 is 5.08. The van der Waals surface area contributed by atoms with E-state index in [1.54, 1.807) is 12.1 Å². The van der Waals surface area contributed by atoms with Gasteiger partial charge in [-0.2, -0.15) is 0 Å². The van der Waals surface area contributed by atoms with Gasteiger partial charge >= 0.3 is 5.97 Å². The Morgan fingerprint density at radius 3 is 2.47 bits per heavy atom. The van der Waals surface area contributed by atoms with E-state index < -0.39 is 5.97 Å². The minimum atomic E-state index is -0.996. The fourth-order valence-electron chi connectivity index (χ4n) is 1.68. The SMILES string of the molecule is CN(CCCl)C(CCl)c1ccc(OCC(=O)O)cc1. The Balaban J connectivity index is 2.70. The predicted molar refractivity (Wildman–Crippen MR) is 76.4 cm³/mol. The third-order valence-corrected chi connectivity index (χ3v) is 3.20. The molecule has 0 aliphatic rings. The average Bonchev–Trinajstić information content (AvgIpc) is 2.39. The molecule has 4 nitrogen and oxygen atoms in total. The number of alkyl halides is 2. The van der Waals surface area contributed by atoms with E-state index in [0.29, 0.717) is 17.5 Å². The van der Waals surface area contributed by atoms with E-state index in [9.17, 15) is 4.79 Å². The first-order chi connectivity index (χ1) is 9.08. The van der Waals surface area contributed by atoms with Gasteiger partial charge < -0.3 is 9.84 Å². The molecule has 0 aliphatic carbocycles. The van der Waals surface area contributed by atoms with Crippen LogP contribution in [-0.4, -0.2) is 47.9 Å². The molecule has 0 saturated carbocycles. The molecule has 1 atom stereocenters. The van der Waals surface area contributed by atoms with Crippen LogP contribution in [-0.2, 0) is 4.79 Å². The van der Waals surface area contributed by atoms with Crippen LogP contribution in [0.2, 0.25) is 0 Å². The first-order valence-electron chi connectivity index (χ1n) is 5.85. The van der Waals surface area contributed by atoms with Crippen LogP contribution >= 0.6 is 23.2 Å². The van der Waals surface area contributed by atoms with Gasteiger partial charge in [-0.1, -0.05) is 12.1 Å². The van der Waals surface area contributed by atoms with Gasteiger partial charge in [0.05, 0.1) is 0 Å². The van der Waals surface area contributed by atoms with Crippen molar-refractivity contribution < 1.29 is 14.6 Å². The minimum Gasteiger partial charge on any atom is -0.482 e. The highest BCUT2D eigenvalue weighted by atomic mass is 35.5. The van der Waals surface area contributed by atoms with Crippen LogP contribution in [0.5, 0.6) is 5.75 Å². The molecule has 0 amide bonds. The monoisotopic (exact) mass is 305 g/mol. The number of halogens is 2. The Kier molecular flexibility index (Phi) is 6.99. The third-order valence-electron chi connectivity index (χ3n) is 2.74. The Labute approximate surface area is 122 Å². The molecule has 1 unspecified atom stereocenters. The van der Waals surface area contributed by atoms with Gasteiger partial charge in [0.2, 0.25) is 0 Å². The number of aliphatic carboxylic acids is 1. The number of benzene rings is 1. The molecule has 0 fully saturated rings. The molecule has 0 aliphatic heterocycles. The molecule has 0 aromatic heterocycles. The first kappa shape index (κ1) is 16.1. The zero-order valence-electron chi connectivity index (χ0n) is 10.7. The van der Waals surface area contributed by atoms with E-state index in [2.05, 4.69) is 4.90 Å². The standard InChI is InChI=1S/C13H17Cl2NO3/c1-16(7-6-14)12(8-15)10-2-4-11(5-3-10)19-9-13(17)18/h2-5,12H,6-9H2,1H3,(H,17,18). The Morgan fingerprint density at radius 2 is 2.00 bits per heavy atom. The lowest BCUT2D eigenvalue weighted by Crippen LogP contribution is -2.27. The van der Waals surface area contributed by atoms with Gasteiger partial charge in [0, 0.05) is 24.3 Å². The summed E-state index contributed by atoms with van der Waals surface area (Å²) in [4.78, 5) is 12.5. The molecule has 19 heavy (non-hydrogen) atoms. The second-order valence-electron chi connectivity index (χ2n) is 4.09. The van der Waals surface area contributed by atoms with E-state index in [1.807, 2.05) is 19.2 Å². The molecule has 1 N–H and O–H groups in total. The van der Waals surface area contributed by atoms with Crippen LogP contribution in [0.4, 0.5) is 0 Å². The molecule has 0 saturated heterocycles. The smallest absolute Gasteiger partial charge is 0.341 e. The van der Waals surface area contributed by atoms with E-state index in [1.165, 1.54) is 0 Å². The molecular formula is C13H17Cl2NO3. The van der Waals surface area contributed by atoms with Gasteiger partial charge in [-0.3, -0.25) is 4.90 Å². The number of carboxylic acid groups (broad SMARTS) is 1. The molecule has 0 radical (unpaired) electrons. The summed E-state index contributed by atoms with van der Waals surface area (Å²) in [5.41, 5.74) is 1.05. The van der Waals surface area contributed by atoms with Gasteiger partial charge in [0.1, 0.15) is 5.75 Å². The van der Waals surface area contributed by atoms with Crippen molar-refractivity contribution >= 4 is 29.2 Å². The van der Waals surface area contributed by atoms with E-state index in [0.717, 1.165) is 12.1 Å². The number of carboxylic acids is 1. The molecular weight excluding hydrogens is 289 g/mol. The fourth-order valence-corrected chi connectivity index (χ4v) is 2.36. The summed E-state index contributed by atoms with van der Waals surface area (Å²) in [5, 5.41) is 8.53. The van der Waals surface area contributed by atoms with Crippen molar-refractivity contribution in [1.29, 1.82) is 0 Å². The Bertz CT molecular complexity index is 397. The first-order valence-corrected chi connectivity index (χ1v) is 6.92. The largest absolute Gasteiger partial charge is 0.482 e. The molecule has 0 spiro atoms. The topological polar surface area (TPSA) is 49.8 Å². The van der Waals surface area contributed by atoms with Crippen molar-refractivity contribution in [2.45, 2.75) is 6.04 Å². The van der Waals surface area contributed by atoms with Crippen LogP contribution in [0.25, 0.3) is 0 Å². The van der Waals surface area contributed by atoms with Gasteiger partial charge in [-0.15, -0.1) is 23.2 Å². The summed E-state index contributed by atoms with van der Waals surface area (Å²) in [6, 6.07) is 7.33. The highest BCUT2D eigenvalue weighted by molar-refractivity contribution is 6.18. The van der Waals surface area contributed by atoms with Crippen LogP contribution in [0.15, 0.2) is 24.3 Å². The van der Waals surface area contributed by atoms with Crippen molar-refractivity contribution in [3.63, 3.8) is 0 Å². The molecule has 0 bridgehead atoms. The van der Waals surface area contributed by atoms with Crippen molar-refractivity contribution in [2.24, 2.45) is 0 Å². The maximum absolute atomic E-state index is 10.4. The van der Waals surface area contributed by atoms with Gasteiger partial charge in [-0.05, 0) is 24.7 Å². The number of rotatable bonds is 8. The van der Waals surface area contributed by atoms with Gasteiger partial charge in [0.15, 0.2) is 6.61 Å². The molecule has 1 aromatic rings. The highest BCUT2D eigenvalue weighted by Crippen LogP contribution is 2.23. The lowest BCUT2D eigenvalue weighted by molar-refractivity contribution is -0.139. The Morgan fingerprint density at radius 1 is 1.37 bits per heavy atom. The van der Waals surface area contributed by atoms with Gasteiger partial charge in [-0.25, -0.2) is 4.79 Å². The Hall–Kier alpha value is -0.970. The number of ether oxygens (including phenoxy) is 1.